The van der Waals surface area contributed by atoms with Gasteiger partial charge < -0.3 is 20.3 Å². The monoisotopic (exact) mass is 430 g/mol. The Morgan fingerprint density at radius 2 is 2.25 bits per heavy atom. The molecule has 1 aliphatic heterocycles. The first-order chi connectivity index (χ1) is 15.5. The summed E-state index contributed by atoms with van der Waals surface area (Å²) in [4.78, 5) is 27.5. The first kappa shape index (κ1) is 20.5. The molecular formula is C24H26N6O2. The summed E-state index contributed by atoms with van der Waals surface area (Å²) >= 11 is 0. The van der Waals surface area contributed by atoms with Crippen molar-refractivity contribution in [2.45, 2.75) is 32.2 Å². The third-order valence-electron chi connectivity index (χ3n) is 7.05. The van der Waals surface area contributed by atoms with E-state index in [1.807, 2.05) is 25.3 Å². The van der Waals surface area contributed by atoms with Crippen LogP contribution in [-0.2, 0) is 4.79 Å². The highest BCUT2D eigenvalue weighted by Crippen LogP contribution is 2.56. The number of aromatic amines is 1. The number of piperidine rings is 1. The van der Waals surface area contributed by atoms with Gasteiger partial charge in [0.15, 0.2) is 0 Å². The number of amides is 1. The normalized spacial score (nSPS) is 20.2. The van der Waals surface area contributed by atoms with Gasteiger partial charge in [-0.2, -0.15) is 5.26 Å². The van der Waals surface area contributed by atoms with Gasteiger partial charge in [-0.1, -0.05) is 12.1 Å². The zero-order valence-electron chi connectivity index (χ0n) is 18.0. The standard InChI is InChI=1S/C24H26N6O2/c1-15-10-16(2-3-17(15)11-25)20(12-31)29-23(32)19-5-9-30(13-24(19)6-7-24)22-18-4-8-26-21(18)27-14-28-22/h2-4,8,10,14,19-20,31H,5-7,9,12-13H2,1H3,(H,29,32)(H,26,27,28)/t19-,20+/m1/s1. The summed E-state index contributed by atoms with van der Waals surface area (Å²) < 4.78 is 0. The lowest BCUT2D eigenvalue weighted by molar-refractivity contribution is -0.129. The van der Waals surface area contributed by atoms with E-state index in [0.717, 1.165) is 60.3 Å². The number of anilines is 1. The molecule has 5 rings (SSSR count). The van der Waals surface area contributed by atoms with Crippen LogP contribution in [0.1, 0.15) is 42.0 Å². The number of nitrogens with one attached hydrogen (secondary N) is 2. The van der Waals surface area contributed by atoms with Crippen molar-refractivity contribution in [2.75, 3.05) is 24.6 Å². The Morgan fingerprint density at radius 3 is 2.97 bits per heavy atom. The molecule has 2 fully saturated rings. The van der Waals surface area contributed by atoms with Gasteiger partial charge in [-0.3, -0.25) is 4.79 Å². The molecule has 1 aliphatic carbocycles. The highest BCUT2D eigenvalue weighted by Gasteiger charge is 2.55. The number of aryl methyl sites for hydroxylation is 1. The van der Waals surface area contributed by atoms with Gasteiger partial charge in [0.05, 0.1) is 29.7 Å². The van der Waals surface area contributed by atoms with Crippen molar-refractivity contribution in [1.82, 2.24) is 20.3 Å². The summed E-state index contributed by atoms with van der Waals surface area (Å²) in [6.45, 7) is 3.22. The summed E-state index contributed by atoms with van der Waals surface area (Å²) in [6.07, 6.45) is 6.23. The molecule has 1 saturated heterocycles. The lowest BCUT2D eigenvalue weighted by Gasteiger charge is -2.39. The van der Waals surface area contributed by atoms with Gasteiger partial charge in [-0.15, -0.1) is 0 Å². The fourth-order valence-electron chi connectivity index (χ4n) is 5.06. The first-order valence-electron chi connectivity index (χ1n) is 11.0. The van der Waals surface area contributed by atoms with Crippen LogP contribution in [-0.4, -0.2) is 45.7 Å². The van der Waals surface area contributed by atoms with Gasteiger partial charge in [0.2, 0.25) is 5.91 Å². The number of nitriles is 1. The van der Waals surface area contributed by atoms with E-state index >= 15 is 0 Å². The van der Waals surface area contributed by atoms with Gasteiger partial charge in [0, 0.05) is 25.2 Å². The van der Waals surface area contributed by atoms with E-state index in [1.165, 1.54) is 0 Å². The highest BCUT2D eigenvalue weighted by atomic mass is 16.3. The molecule has 1 saturated carbocycles. The molecule has 1 spiro atoms. The molecule has 2 atom stereocenters. The number of carbonyl (C=O) groups excluding carboxylic acids is 1. The van der Waals surface area contributed by atoms with Crippen LogP contribution in [0.3, 0.4) is 0 Å². The minimum atomic E-state index is -0.482. The van der Waals surface area contributed by atoms with Crippen molar-refractivity contribution in [3.8, 4) is 6.07 Å². The first-order valence-corrected chi connectivity index (χ1v) is 11.0. The quantitative estimate of drug-likeness (QED) is 0.573. The number of rotatable bonds is 5. The molecule has 2 aromatic heterocycles. The Hall–Kier alpha value is -3.44. The zero-order chi connectivity index (χ0) is 22.3. The van der Waals surface area contributed by atoms with Gasteiger partial charge in [0.25, 0.3) is 0 Å². The summed E-state index contributed by atoms with van der Waals surface area (Å²) in [5.74, 6) is 0.830. The van der Waals surface area contributed by atoms with E-state index in [-0.39, 0.29) is 23.8 Å². The van der Waals surface area contributed by atoms with Crippen LogP contribution in [0.5, 0.6) is 0 Å². The van der Waals surface area contributed by atoms with Crippen molar-refractivity contribution in [3.05, 3.63) is 53.5 Å². The summed E-state index contributed by atoms with van der Waals surface area (Å²) in [5, 5.41) is 23.2. The Labute approximate surface area is 186 Å². The Balaban J connectivity index is 1.32. The summed E-state index contributed by atoms with van der Waals surface area (Å²) in [5.41, 5.74) is 3.03. The molecule has 8 nitrogen and oxygen atoms in total. The topological polar surface area (TPSA) is 118 Å². The molecular weight excluding hydrogens is 404 g/mol. The minimum Gasteiger partial charge on any atom is -0.394 e. The number of aliphatic hydroxyl groups excluding tert-OH is 1. The van der Waals surface area contributed by atoms with E-state index in [4.69, 9.17) is 5.26 Å². The van der Waals surface area contributed by atoms with Crippen LogP contribution < -0.4 is 10.2 Å². The Kier molecular flexibility index (Phi) is 5.06. The van der Waals surface area contributed by atoms with E-state index in [0.29, 0.717) is 5.56 Å². The molecule has 1 aromatic carbocycles. The highest BCUT2D eigenvalue weighted by molar-refractivity contribution is 5.88. The number of H-pyrrole nitrogens is 1. The number of aliphatic hydroxyl groups is 1. The molecule has 164 valence electrons. The molecule has 0 bridgehead atoms. The number of nitrogens with zero attached hydrogens (tertiary/aromatic N) is 4. The van der Waals surface area contributed by atoms with E-state index < -0.39 is 6.04 Å². The zero-order valence-corrected chi connectivity index (χ0v) is 18.0. The Morgan fingerprint density at radius 1 is 1.41 bits per heavy atom. The predicted octanol–water partition coefficient (Wildman–Crippen LogP) is 2.59. The van der Waals surface area contributed by atoms with Crippen LogP contribution >= 0.6 is 0 Å². The van der Waals surface area contributed by atoms with Crippen molar-refractivity contribution in [2.24, 2.45) is 11.3 Å². The second kappa shape index (κ2) is 7.92. The molecule has 3 aromatic rings. The predicted molar refractivity (Wildman–Crippen MR) is 120 cm³/mol. The van der Waals surface area contributed by atoms with Gasteiger partial charge in [-0.25, -0.2) is 9.97 Å². The third-order valence-corrected chi connectivity index (χ3v) is 7.05. The van der Waals surface area contributed by atoms with E-state index in [9.17, 15) is 9.90 Å². The average molecular weight is 431 g/mol. The number of hydrogen-bond donors (Lipinski definition) is 3. The van der Waals surface area contributed by atoms with Crippen LogP contribution in [0.2, 0.25) is 0 Å². The van der Waals surface area contributed by atoms with E-state index in [2.05, 4.69) is 31.2 Å². The number of benzene rings is 1. The number of hydrogen-bond acceptors (Lipinski definition) is 6. The second-order valence-corrected chi connectivity index (χ2v) is 8.99. The largest absolute Gasteiger partial charge is 0.394 e. The maximum atomic E-state index is 13.3. The van der Waals surface area contributed by atoms with Crippen molar-refractivity contribution in [3.63, 3.8) is 0 Å². The number of carbonyl (C=O) groups is 1. The molecule has 3 heterocycles. The van der Waals surface area contributed by atoms with Crippen molar-refractivity contribution in [1.29, 1.82) is 5.26 Å². The van der Waals surface area contributed by atoms with Crippen LogP contribution in [0.4, 0.5) is 5.82 Å². The molecule has 1 amide bonds. The van der Waals surface area contributed by atoms with Crippen LogP contribution in [0.25, 0.3) is 11.0 Å². The van der Waals surface area contributed by atoms with Gasteiger partial charge in [-0.05, 0) is 54.9 Å². The molecule has 0 unspecified atom stereocenters. The molecule has 32 heavy (non-hydrogen) atoms. The summed E-state index contributed by atoms with van der Waals surface area (Å²) in [7, 11) is 0. The van der Waals surface area contributed by atoms with E-state index in [1.54, 1.807) is 18.5 Å². The van der Waals surface area contributed by atoms with Gasteiger partial charge >= 0.3 is 0 Å². The SMILES string of the molecule is Cc1cc([C@H](CO)NC(=O)[C@H]2CCN(c3ncnc4[nH]ccc34)CC23CC3)ccc1C#N. The van der Waals surface area contributed by atoms with Crippen molar-refractivity contribution < 1.29 is 9.90 Å². The number of fused-ring (bicyclic) bond motifs is 1. The molecule has 3 N–H and O–H groups in total. The average Bonchev–Trinajstić information content (AvgIpc) is 3.38. The number of aromatic nitrogens is 3. The minimum absolute atomic E-state index is 0.00214. The van der Waals surface area contributed by atoms with Gasteiger partial charge in [0.1, 0.15) is 17.8 Å². The molecule has 8 heteroatoms. The van der Waals surface area contributed by atoms with Crippen molar-refractivity contribution >= 4 is 22.8 Å². The molecule has 0 radical (unpaired) electrons. The lowest BCUT2D eigenvalue weighted by Crippen LogP contribution is -2.49. The second-order valence-electron chi connectivity index (χ2n) is 8.99. The fourth-order valence-corrected chi connectivity index (χ4v) is 5.06. The summed E-state index contributed by atoms with van der Waals surface area (Å²) in [6, 6.07) is 9.08. The fraction of sp³-hybridized carbons (Fsp3) is 0.417. The molecule has 2 aliphatic rings. The lowest BCUT2D eigenvalue weighted by atomic mass is 9.81. The third kappa shape index (κ3) is 3.49. The Bertz CT molecular complexity index is 1210. The van der Waals surface area contributed by atoms with Crippen LogP contribution in [0, 0.1) is 29.6 Å². The maximum absolute atomic E-state index is 13.3. The smallest absolute Gasteiger partial charge is 0.224 e. The maximum Gasteiger partial charge on any atom is 0.224 e. The van der Waals surface area contributed by atoms with Crippen LogP contribution in [0.15, 0.2) is 36.8 Å².